The van der Waals surface area contributed by atoms with Crippen LogP contribution in [0.1, 0.15) is 105 Å². The number of rotatable bonds is 2. The summed E-state index contributed by atoms with van der Waals surface area (Å²) in [7, 11) is 0. The van der Waals surface area contributed by atoms with E-state index in [4.69, 9.17) is 4.42 Å². The summed E-state index contributed by atoms with van der Waals surface area (Å²) in [5, 5.41) is 6.30. The largest absolute Gasteiger partial charge is 0.468 e. The Kier molecular flexibility index (Phi) is 8.72. The maximum absolute atomic E-state index is 7.56. The van der Waals surface area contributed by atoms with Crippen LogP contribution in [0.5, 0.6) is 0 Å². The van der Waals surface area contributed by atoms with Crippen molar-refractivity contribution in [1.82, 2.24) is 4.57 Å². The molecular formula is C66H60BN3OS. The molecule has 6 heteroatoms. The molecule has 0 fully saturated rings. The van der Waals surface area contributed by atoms with E-state index in [-0.39, 0.29) is 28.4 Å². The molecule has 4 nitrogen and oxygen atoms in total. The first-order valence-electron chi connectivity index (χ1n) is 25.9. The lowest BCUT2D eigenvalue weighted by Gasteiger charge is -2.46. The van der Waals surface area contributed by atoms with E-state index in [1.165, 1.54) is 115 Å². The van der Waals surface area contributed by atoms with Crippen LogP contribution >= 0.6 is 11.3 Å². The smallest absolute Gasteiger partial charge is 0.297 e. The van der Waals surface area contributed by atoms with Gasteiger partial charge < -0.3 is 18.8 Å². The molecule has 0 saturated heterocycles. The van der Waals surface area contributed by atoms with Gasteiger partial charge in [-0.1, -0.05) is 150 Å². The van der Waals surface area contributed by atoms with Gasteiger partial charge in [0.2, 0.25) is 0 Å². The molecule has 354 valence electrons. The molecule has 3 aliphatic rings. The van der Waals surface area contributed by atoms with Crippen LogP contribution in [0.2, 0.25) is 0 Å². The molecule has 0 radical (unpaired) electrons. The van der Waals surface area contributed by atoms with Gasteiger partial charge in [0, 0.05) is 53.4 Å². The SMILES string of the molecule is CC(C)(C)c1cc2c3c(c1)N1c4c(cc(C(C)(C)C)cc4-n4c5ccc(C(C)(C)C)cc5c5cc(C(C)(C)C)cc1c54)B3c1oc3ccc(-c4ccccc4)cc3c1N2c1ccc2sc3ccccc3c2c1. The zero-order valence-electron chi connectivity index (χ0n) is 43.6. The second kappa shape index (κ2) is 14.4. The van der Waals surface area contributed by atoms with Crippen LogP contribution in [0.4, 0.5) is 34.1 Å². The molecule has 0 N–H and O–H groups in total. The molecule has 14 rings (SSSR count). The summed E-state index contributed by atoms with van der Waals surface area (Å²) in [6, 6.07) is 56.1. The van der Waals surface area contributed by atoms with Gasteiger partial charge >= 0.3 is 0 Å². The Morgan fingerprint density at radius 2 is 1.06 bits per heavy atom. The van der Waals surface area contributed by atoms with Crippen LogP contribution in [0.15, 0.2) is 150 Å². The number of fused-ring (bicyclic) bond motifs is 14. The van der Waals surface area contributed by atoms with E-state index in [9.17, 15) is 0 Å². The van der Waals surface area contributed by atoms with Gasteiger partial charge in [-0.25, -0.2) is 0 Å². The number of nitrogens with zero attached hydrogens (tertiary/aromatic N) is 3. The summed E-state index contributed by atoms with van der Waals surface area (Å²) >= 11 is 1.87. The molecule has 0 saturated carbocycles. The van der Waals surface area contributed by atoms with Gasteiger partial charge in [-0.15, -0.1) is 11.3 Å². The van der Waals surface area contributed by atoms with E-state index in [1.54, 1.807) is 0 Å². The van der Waals surface area contributed by atoms with E-state index in [2.05, 4.69) is 243 Å². The van der Waals surface area contributed by atoms with E-state index in [0.717, 1.165) is 28.0 Å². The molecule has 0 aliphatic carbocycles. The Morgan fingerprint density at radius 3 is 1.79 bits per heavy atom. The number of thiophene rings is 1. The maximum Gasteiger partial charge on any atom is 0.297 e. The molecule has 11 aromatic rings. The first-order valence-corrected chi connectivity index (χ1v) is 26.7. The standard InChI is InChI=1S/C66H60BN3OS/c1-63(2,3)39-23-25-50-45(29-39)47-30-40(64(4,5)6)34-53-59(47)69(50)54-35-41(65(7,8)9)31-49-61(54)70(53)52-33-42(66(10,11)12)32-51-58(52)67(49)62-60(48-28-38(22-26-55(48)71-62)37-18-14-13-15-19-37)68(51)43-24-27-57-46(36-43)44-20-16-17-21-56(44)72-57/h13-36H,1-12H3. The Bertz CT molecular complexity index is 4160. The fraction of sp³-hybridized carbons (Fsp3) is 0.242. The number of furan rings is 1. The fourth-order valence-electron chi connectivity index (χ4n) is 12.3. The lowest BCUT2D eigenvalue weighted by Crippen LogP contribution is -2.61. The second-order valence-corrected chi connectivity index (χ2v) is 26.2. The molecule has 0 atom stereocenters. The summed E-state index contributed by atoms with van der Waals surface area (Å²) < 4.78 is 12.8. The van der Waals surface area contributed by atoms with Crippen molar-refractivity contribution in [2.24, 2.45) is 0 Å². The molecule has 3 aromatic heterocycles. The van der Waals surface area contributed by atoms with Crippen LogP contribution in [0, 0.1) is 0 Å². The second-order valence-electron chi connectivity index (χ2n) is 25.1. The molecule has 0 spiro atoms. The summed E-state index contributed by atoms with van der Waals surface area (Å²) in [6.45, 7) is 28.1. The summed E-state index contributed by atoms with van der Waals surface area (Å²) in [5.41, 5.74) is 22.6. The topological polar surface area (TPSA) is 24.6 Å². The van der Waals surface area contributed by atoms with Crippen LogP contribution < -0.4 is 26.4 Å². The van der Waals surface area contributed by atoms with E-state index in [1.807, 2.05) is 11.3 Å². The lowest BCUT2D eigenvalue weighted by atomic mass is 9.35. The minimum Gasteiger partial charge on any atom is -0.468 e. The Balaban J connectivity index is 1.17. The van der Waals surface area contributed by atoms with E-state index < -0.39 is 0 Å². The molecular weight excluding hydrogens is 894 g/mol. The molecule has 3 aliphatic heterocycles. The van der Waals surface area contributed by atoms with Gasteiger partial charge in [0.25, 0.3) is 6.71 Å². The van der Waals surface area contributed by atoms with Crippen LogP contribution in [0.3, 0.4) is 0 Å². The van der Waals surface area contributed by atoms with Gasteiger partial charge in [0.1, 0.15) is 5.58 Å². The first-order chi connectivity index (χ1) is 34.2. The molecule has 72 heavy (non-hydrogen) atoms. The minimum atomic E-state index is -0.196. The lowest BCUT2D eigenvalue weighted by molar-refractivity contribution is 0.589. The maximum atomic E-state index is 7.56. The number of benzene rings is 8. The highest BCUT2D eigenvalue weighted by molar-refractivity contribution is 7.25. The minimum absolute atomic E-state index is 0.00700. The van der Waals surface area contributed by atoms with Crippen LogP contribution in [-0.4, -0.2) is 11.3 Å². The Morgan fingerprint density at radius 1 is 0.431 bits per heavy atom. The quantitative estimate of drug-likeness (QED) is 0.161. The third-order valence-electron chi connectivity index (χ3n) is 16.2. The van der Waals surface area contributed by atoms with E-state index in [0.29, 0.717) is 0 Å². The van der Waals surface area contributed by atoms with Crippen molar-refractivity contribution in [2.45, 2.75) is 105 Å². The number of hydrogen-bond donors (Lipinski definition) is 0. The van der Waals surface area contributed by atoms with Crippen molar-refractivity contribution in [1.29, 1.82) is 0 Å². The van der Waals surface area contributed by atoms with Crippen molar-refractivity contribution in [3.63, 3.8) is 0 Å². The predicted molar refractivity (Wildman–Crippen MR) is 311 cm³/mol. The highest BCUT2D eigenvalue weighted by Gasteiger charge is 2.50. The van der Waals surface area contributed by atoms with Gasteiger partial charge in [-0.3, -0.25) is 0 Å². The molecule has 8 aromatic carbocycles. The highest BCUT2D eigenvalue weighted by Crippen LogP contribution is 2.56. The van der Waals surface area contributed by atoms with Gasteiger partial charge in [-0.2, -0.15) is 0 Å². The Labute approximate surface area is 427 Å². The van der Waals surface area contributed by atoms with Crippen molar-refractivity contribution in [3.05, 3.63) is 168 Å². The van der Waals surface area contributed by atoms with Gasteiger partial charge in [0.05, 0.1) is 39.4 Å². The third-order valence-corrected chi connectivity index (χ3v) is 17.4. The molecule has 6 heterocycles. The summed E-state index contributed by atoms with van der Waals surface area (Å²) in [5.74, 6) is 0. The first kappa shape index (κ1) is 43.7. The zero-order chi connectivity index (χ0) is 49.7. The number of hydrogen-bond acceptors (Lipinski definition) is 4. The fourth-order valence-corrected chi connectivity index (χ4v) is 13.3. The highest BCUT2D eigenvalue weighted by atomic mass is 32.1. The molecule has 0 amide bonds. The predicted octanol–water partition coefficient (Wildman–Crippen LogP) is 17.2. The van der Waals surface area contributed by atoms with Crippen LogP contribution in [0.25, 0.3) is 69.8 Å². The molecule has 0 unspecified atom stereocenters. The third kappa shape index (κ3) is 6.11. The van der Waals surface area contributed by atoms with Crippen molar-refractivity contribution in [3.8, 4) is 16.8 Å². The summed E-state index contributed by atoms with van der Waals surface area (Å²) in [6.07, 6.45) is 0. The normalized spacial score (nSPS) is 14.3. The van der Waals surface area contributed by atoms with Gasteiger partial charge in [0.15, 0.2) is 0 Å². The molecule has 0 bridgehead atoms. The average Bonchev–Trinajstić information content (AvgIpc) is 4.02. The zero-order valence-corrected chi connectivity index (χ0v) is 44.4. The van der Waals surface area contributed by atoms with Crippen molar-refractivity contribution in [2.75, 3.05) is 9.80 Å². The monoisotopic (exact) mass is 953 g/mol. The van der Waals surface area contributed by atoms with E-state index >= 15 is 0 Å². The number of aromatic nitrogens is 1. The average molecular weight is 954 g/mol. The summed E-state index contributed by atoms with van der Waals surface area (Å²) in [4.78, 5) is 5.28. The van der Waals surface area contributed by atoms with Gasteiger partial charge in [-0.05, 0) is 145 Å². The Hall–Kier alpha value is -7.02. The van der Waals surface area contributed by atoms with Crippen molar-refractivity contribution < 1.29 is 4.42 Å². The van der Waals surface area contributed by atoms with Crippen LogP contribution in [-0.2, 0) is 21.7 Å². The number of anilines is 6. The van der Waals surface area contributed by atoms with Crippen molar-refractivity contribution >= 4 is 122 Å².